The number of aromatic nitrogens is 6. The van der Waals surface area contributed by atoms with E-state index in [0.717, 1.165) is 21.5 Å². The molecule has 0 radical (unpaired) electrons. The lowest BCUT2D eigenvalue weighted by Crippen LogP contribution is -2.37. The molecule has 0 aliphatic rings. The Bertz CT molecular complexity index is 1260. The maximum absolute atomic E-state index is 12.3. The van der Waals surface area contributed by atoms with Crippen molar-refractivity contribution in [2.75, 3.05) is 0 Å². The summed E-state index contributed by atoms with van der Waals surface area (Å²) >= 11 is 3.39. The normalized spacial score (nSPS) is 11.7. The first kappa shape index (κ1) is 15.8. The minimum absolute atomic E-state index is 0.246. The first-order valence-electron chi connectivity index (χ1n) is 7.63. The number of aryl methyl sites for hydroxylation is 2. The Balaban J connectivity index is 1.93. The summed E-state index contributed by atoms with van der Waals surface area (Å²) in [6.07, 6.45) is 3.93. The van der Waals surface area contributed by atoms with E-state index < -0.39 is 11.2 Å². The third-order valence-corrected chi connectivity index (χ3v) is 4.87. The number of nitrogens with zero attached hydrogens (tertiary/aromatic N) is 6. The van der Waals surface area contributed by atoms with Gasteiger partial charge >= 0.3 is 5.69 Å². The molecule has 0 saturated carbocycles. The molecule has 0 fully saturated rings. The van der Waals surface area contributed by atoms with Gasteiger partial charge in [0, 0.05) is 26.5 Å². The van der Waals surface area contributed by atoms with Crippen LogP contribution in [0.25, 0.3) is 16.8 Å². The van der Waals surface area contributed by atoms with E-state index in [1.165, 1.54) is 11.6 Å². The molecule has 0 aromatic carbocycles. The molecule has 0 spiro atoms. The Morgan fingerprint density at radius 2 is 1.84 bits per heavy atom. The standard InChI is InChI=1S/C16H15BrN6O2/c1-9-4-5-11-18-10(7-22(11)6-9)8-23-13-12(19-15(23)17)14(24)21(3)16(25)20(13)2/h4-7H,8H2,1-3H3. The molecular weight excluding hydrogens is 388 g/mol. The van der Waals surface area contributed by atoms with Crippen LogP contribution in [0.1, 0.15) is 11.3 Å². The van der Waals surface area contributed by atoms with E-state index in [-0.39, 0.29) is 5.52 Å². The van der Waals surface area contributed by atoms with E-state index in [1.807, 2.05) is 35.9 Å². The second kappa shape index (κ2) is 5.41. The smallest absolute Gasteiger partial charge is 0.306 e. The van der Waals surface area contributed by atoms with Crippen LogP contribution in [0.5, 0.6) is 0 Å². The van der Waals surface area contributed by atoms with E-state index in [4.69, 9.17) is 0 Å². The molecule has 0 unspecified atom stereocenters. The van der Waals surface area contributed by atoms with Crippen molar-refractivity contribution >= 4 is 32.7 Å². The largest absolute Gasteiger partial charge is 0.332 e. The molecule has 0 aliphatic carbocycles. The number of fused-ring (bicyclic) bond motifs is 2. The van der Waals surface area contributed by atoms with Crippen LogP contribution in [0.15, 0.2) is 38.8 Å². The summed E-state index contributed by atoms with van der Waals surface area (Å²) in [6, 6.07) is 3.95. The highest BCUT2D eigenvalue weighted by Crippen LogP contribution is 2.18. The van der Waals surface area contributed by atoms with Gasteiger partial charge in [0.2, 0.25) is 0 Å². The molecule has 0 saturated heterocycles. The molecule has 4 rings (SSSR count). The molecule has 4 aromatic heterocycles. The molecule has 0 bridgehead atoms. The van der Waals surface area contributed by atoms with Crippen molar-refractivity contribution in [1.82, 2.24) is 28.1 Å². The van der Waals surface area contributed by atoms with Gasteiger partial charge in [0.1, 0.15) is 5.65 Å². The van der Waals surface area contributed by atoms with Gasteiger partial charge in [-0.1, -0.05) is 6.07 Å². The van der Waals surface area contributed by atoms with Crippen molar-refractivity contribution in [2.45, 2.75) is 13.5 Å². The highest BCUT2D eigenvalue weighted by molar-refractivity contribution is 9.10. The molecule has 4 heterocycles. The second-order valence-electron chi connectivity index (χ2n) is 6.05. The van der Waals surface area contributed by atoms with Crippen LogP contribution in [-0.2, 0) is 20.6 Å². The van der Waals surface area contributed by atoms with Gasteiger partial charge in [0.25, 0.3) is 5.56 Å². The van der Waals surface area contributed by atoms with Crippen LogP contribution in [0.3, 0.4) is 0 Å². The fourth-order valence-corrected chi connectivity index (χ4v) is 3.47. The highest BCUT2D eigenvalue weighted by Gasteiger charge is 2.18. The van der Waals surface area contributed by atoms with Gasteiger partial charge in [-0.05, 0) is 34.5 Å². The first-order valence-corrected chi connectivity index (χ1v) is 8.42. The van der Waals surface area contributed by atoms with Gasteiger partial charge in [-0.15, -0.1) is 0 Å². The quantitative estimate of drug-likeness (QED) is 0.472. The summed E-state index contributed by atoms with van der Waals surface area (Å²) in [5.74, 6) is 0. The lowest BCUT2D eigenvalue weighted by atomic mass is 10.3. The number of pyridine rings is 1. The first-order chi connectivity index (χ1) is 11.9. The summed E-state index contributed by atoms with van der Waals surface area (Å²) in [5.41, 5.74) is 2.69. The summed E-state index contributed by atoms with van der Waals surface area (Å²) in [7, 11) is 3.07. The molecule has 0 atom stereocenters. The Morgan fingerprint density at radius 3 is 2.60 bits per heavy atom. The predicted octanol–water partition coefficient (Wildman–Crippen LogP) is 1.20. The van der Waals surface area contributed by atoms with Crippen molar-refractivity contribution in [3.63, 3.8) is 0 Å². The maximum atomic E-state index is 12.3. The molecular formula is C16H15BrN6O2. The number of hydrogen-bond donors (Lipinski definition) is 0. The van der Waals surface area contributed by atoms with Crippen LogP contribution in [-0.4, -0.2) is 28.1 Å². The SMILES string of the molecule is Cc1ccc2nc(Cn3c(Br)nc4c(=O)n(C)c(=O)n(C)c43)cn2c1. The predicted molar refractivity (Wildman–Crippen MR) is 96.9 cm³/mol. The molecule has 0 aliphatic heterocycles. The minimum atomic E-state index is -0.414. The van der Waals surface area contributed by atoms with E-state index in [0.29, 0.717) is 16.9 Å². The Morgan fingerprint density at radius 1 is 1.08 bits per heavy atom. The summed E-state index contributed by atoms with van der Waals surface area (Å²) in [4.78, 5) is 33.5. The average Bonchev–Trinajstić information content (AvgIpc) is 3.12. The van der Waals surface area contributed by atoms with Gasteiger partial charge < -0.3 is 4.40 Å². The van der Waals surface area contributed by atoms with Crippen molar-refractivity contribution in [3.8, 4) is 0 Å². The third-order valence-electron chi connectivity index (χ3n) is 4.26. The van der Waals surface area contributed by atoms with Crippen LogP contribution < -0.4 is 11.2 Å². The Labute approximate surface area is 150 Å². The van der Waals surface area contributed by atoms with Gasteiger partial charge in [0.05, 0.1) is 12.2 Å². The zero-order valence-electron chi connectivity index (χ0n) is 13.9. The van der Waals surface area contributed by atoms with Gasteiger partial charge in [-0.2, -0.15) is 0 Å². The van der Waals surface area contributed by atoms with Crippen molar-refractivity contribution < 1.29 is 0 Å². The summed E-state index contributed by atoms with van der Waals surface area (Å²) in [5, 5.41) is 0. The molecule has 0 amide bonds. The zero-order valence-corrected chi connectivity index (χ0v) is 15.5. The van der Waals surface area contributed by atoms with Crippen LogP contribution >= 0.6 is 15.9 Å². The van der Waals surface area contributed by atoms with Gasteiger partial charge in [-0.25, -0.2) is 14.8 Å². The topological polar surface area (TPSA) is 79.1 Å². The summed E-state index contributed by atoms with van der Waals surface area (Å²) in [6.45, 7) is 2.41. The molecule has 4 aromatic rings. The average molecular weight is 403 g/mol. The molecule has 0 N–H and O–H groups in total. The van der Waals surface area contributed by atoms with E-state index >= 15 is 0 Å². The Kier molecular flexibility index (Phi) is 3.43. The highest BCUT2D eigenvalue weighted by atomic mass is 79.9. The van der Waals surface area contributed by atoms with Crippen molar-refractivity contribution in [3.05, 3.63) is 61.4 Å². The molecule has 8 nitrogen and oxygen atoms in total. The molecule has 128 valence electrons. The van der Waals surface area contributed by atoms with E-state index in [9.17, 15) is 9.59 Å². The van der Waals surface area contributed by atoms with Crippen LogP contribution in [0, 0.1) is 6.92 Å². The lowest BCUT2D eigenvalue weighted by Gasteiger charge is -2.08. The van der Waals surface area contributed by atoms with Gasteiger partial charge in [0.15, 0.2) is 15.9 Å². The minimum Gasteiger partial charge on any atom is -0.306 e. The third kappa shape index (κ3) is 2.34. The molecule has 25 heavy (non-hydrogen) atoms. The fourth-order valence-electron chi connectivity index (χ4n) is 3.00. The van der Waals surface area contributed by atoms with Crippen molar-refractivity contribution in [1.29, 1.82) is 0 Å². The fraction of sp³-hybridized carbons (Fsp3) is 0.250. The lowest BCUT2D eigenvalue weighted by molar-refractivity contribution is 0.682. The van der Waals surface area contributed by atoms with Crippen molar-refractivity contribution in [2.24, 2.45) is 14.1 Å². The van der Waals surface area contributed by atoms with Crippen LogP contribution in [0.2, 0.25) is 0 Å². The Hall–Kier alpha value is -2.68. The number of imidazole rings is 2. The summed E-state index contributed by atoms with van der Waals surface area (Å²) < 4.78 is 6.69. The van der Waals surface area contributed by atoms with Gasteiger partial charge in [-0.3, -0.25) is 18.5 Å². The zero-order chi connectivity index (χ0) is 17.9. The van der Waals surface area contributed by atoms with E-state index in [1.54, 1.807) is 11.6 Å². The van der Waals surface area contributed by atoms with Crippen LogP contribution in [0.4, 0.5) is 0 Å². The number of hydrogen-bond acceptors (Lipinski definition) is 4. The second-order valence-corrected chi connectivity index (χ2v) is 6.76. The number of rotatable bonds is 2. The van der Waals surface area contributed by atoms with E-state index in [2.05, 4.69) is 25.9 Å². The monoisotopic (exact) mass is 402 g/mol. The molecule has 9 heteroatoms. The maximum Gasteiger partial charge on any atom is 0.332 e. The number of halogens is 1.